The van der Waals surface area contributed by atoms with Gasteiger partial charge in [0.05, 0.1) is 12.1 Å². The van der Waals surface area contributed by atoms with E-state index < -0.39 is 0 Å². The molecule has 1 saturated heterocycles. The predicted molar refractivity (Wildman–Crippen MR) is 76.8 cm³/mol. The van der Waals surface area contributed by atoms with Crippen LogP contribution in [-0.2, 0) is 4.74 Å². The van der Waals surface area contributed by atoms with Gasteiger partial charge in [-0.25, -0.2) is 0 Å². The molecule has 0 saturated carbocycles. The third kappa shape index (κ3) is 5.30. The molecule has 4 heteroatoms. The molecule has 1 unspecified atom stereocenters. The number of ether oxygens (including phenoxy) is 1. The maximum absolute atomic E-state index is 5.65. The summed E-state index contributed by atoms with van der Waals surface area (Å²) in [7, 11) is 0. The Kier molecular flexibility index (Phi) is 5.80. The standard InChI is InChI=1S/C13H26N2OS/c1-6-16-13(4,5)9-14-12-15-11(10(2)3)7-8-17-12/h10-11H,6-9H2,1-5H3,(H,14,15). The summed E-state index contributed by atoms with van der Waals surface area (Å²) in [5, 5.41) is 4.61. The average Bonchev–Trinajstić information content (AvgIpc) is 2.27. The first-order valence-electron chi connectivity index (χ1n) is 6.52. The van der Waals surface area contributed by atoms with Crippen molar-refractivity contribution in [1.29, 1.82) is 0 Å². The van der Waals surface area contributed by atoms with E-state index >= 15 is 0 Å². The highest BCUT2D eigenvalue weighted by Gasteiger charge is 2.22. The van der Waals surface area contributed by atoms with E-state index in [1.807, 2.05) is 18.7 Å². The quantitative estimate of drug-likeness (QED) is 0.823. The topological polar surface area (TPSA) is 33.6 Å². The molecular formula is C13H26N2OS. The van der Waals surface area contributed by atoms with Crippen LogP contribution in [0.1, 0.15) is 41.0 Å². The van der Waals surface area contributed by atoms with Gasteiger partial charge in [0.2, 0.25) is 0 Å². The second-order valence-electron chi connectivity index (χ2n) is 5.45. The SMILES string of the molecule is CCOC(C)(C)CN=C1NC(C(C)C)CCS1. The van der Waals surface area contributed by atoms with Crippen molar-refractivity contribution >= 4 is 16.9 Å². The zero-order valence-corrected chi connectivity index (χ0v) is 12.6. The largest absolute Gasteiger partial charge is 0.374 e. The van der Waals surface area contributed by atoms with Crippen molar-refractivity contribution in [2.24, 2.45) is 10.9 Å². The molecule has 0 bridgehead atoms. The highest BCUT2D eigenvalue weighted by atomic mass is 32.2. The second kappa shape index (κ2) is 6.64. The lowest BCUT2D eigenvalue weighted by Crippen LogP contribution is -2.42. The van der Waals surface area contributed by atoms with E-state index in [0.717, 1.165) is 18.3 Å². The predicted octanol–water partition coefficient (Wildman–Crippen LogP) is 2.91. The number of aliphatic imine (C=N–C) groups is 1. The molecule has 0 radical (unpaired) electrons. The Hall–Kier alpha value is -0.220. The molecule has 1 fully saturated rings. The summed E-state index contributed by atoms with van der Waals surface area (Å²) in [6.45, 7) is 12.2. The maximum atomic E-state index is 5.65. The molecule has 1 N–H and O–H groups in total. The van der Waals surface area contributed by atoms with Gasteiger partial charge in [-0.3, -0.25) is 4.99 Å². The van der Waals surface area contributed by atoms with Gasteiger partial charge < -0.3 is 10.1 Å². The minimum Gasteiger partial charge on any atom is -0.374 e. The number of hydrogen-bond donors (Lipinski definition) is 1. The molecule has 0 aromatic carbocycles. The van der Waals surface area contributed by atoms with E-state index in [1.165, 1.54) is 12.2 Å². The first kappa shape index (κ1) is 14.8. The highest BCUT2D eigenvalue weighted by Crippen LogP contribution is 2.19. The van der Waals surface area contributed by atoms with Crippen LogP contribution in [0.2, 0.25) is 0 Å². The van der Waals surface area contributed by atoms with Gasteiger partial charge in [0.25, 0.3) is 0 Å². The normalized spacial score (nSPS) is 24.1. The number of nitrogens with one attached hydrogen (secondary N) is 1. The second-order valence-corrected chi connectivity index (χ2v) is 6.53. The smallest absolute Gasteiger partial charge is 0.156 e. The molecule has 0 aromatic heterocycles. The van der Waals surface area contributed by atoms with E-state index in [9.17, 15) is 0 Å². The van der Waals surface area contributed by atoms with Crippen molar-refractivity contribution in [2.45, 2.75) is 52.7 Å². The molecule has 1 aliphatic rings. The van der Waals surface area contributed by atoms with Gasteiger partial charge in [-0.15, -0.1) is 0 Å². The monoisotopic (exact) mass is 258 g/mol. The van der Waals surface area contributed by atoms with Crippen LogP contribution in [0.5, 0.6) is 0 Å². The summed E-state index contributed by atoms with van der Waals surface area (Å²) in [4.78, 5) is 4.65. The first-order chi connectivity index (χ1) is 7.94. The van der Waals surface area contributed by atoms with Crippen LogP contribution in [0.4, 0.5) is 0 Å². The Morgan fingerprint density at radius 2 is 2.24 bits per heavy atom. The van der Waals surface area contributed by atoms with Crippen LogP contribution in [-0.4, -0.2) is 35.7 Å². The lowest BCUT2D eigenvalue weighted by atomic mass is 10.0. The van der Waals surface area contributed by atoms with Gasteiger partial charge in [-0.2, -0.15) is 0 Å². The molecule has 100 valence electrons. The van der Waals surface area contributed by atoms with Crippen molar-refractivity contribution in [3.63, 3.8) is 0 Å². The molecule has 1 heterocycles. The molecular weight excluding hydrogens is 232 g/mol. The fourth-order valence-corrected chi connectivity index (χ4v) is 2.80. The van der Waals surface area contributed by atoms with Crippen LogP contribution >= 0.6 is 11.8 Å². The Morgan fingerprint density at radius 1 is 1.53 bits per heavy atom. The van der Waals surface area contributed by atoms with E-state index in [-0.39, 0.29) is 5.60 Å². The summed E-state index contributed by atoms with van der Waals surface area (Å²) in [5.74, 6) is 1.84. The summed E-state index contributed by atoms with van der Waals surface area (Å²) < 4.78 is 5.65. The van der Waals surface area contributed by atoms with E-state index in [1.54, 1.807) is 0 Å². The van der Waals surface area contributed by atoms with Gasteiger partial charge in [-0.1, -0.05) is 25.6 Å². The Balaban J connectivity index is 2.49. The van der Waals surface area contributed by atoms with Crippen molar-refractivity contribution in [1.82, 2.24) is 5.32 Å². The fourth-order valence-electron chi connectivity index (χ4n) is 1.84. The maximum Gasteiger partial charge on any atom is 0.156 e. The molecule has 1 rings (SSSR count). The van der Waals surface area contributed by atoms with Gasteiger partial charge in [0, 0.05) is 18.4 Å². The van der Waals surface area contributed by atoms with Crippen LogP contribution < -0.4 is 5.32 Å². The lowest BCUT2D eigenvalue weighted by molar-refractivity contribution is -0.00209. The molecule has 3 nitrogen and oxygen atoms in total. The van der Waals surface area contributed by atoms with Crippen molar-refractivity contribution < 1.29 is 4.74 Å². The number of thioether (sulfide) groups is 1. The zero-order valence-electron chi connectivity index (χ0n) is 11.7. The first-order valence-corrected chi connectivity index (χ1v) is 7.51. The molecule has 0 spiro atoms. The Labute approximate surface area is 110 Å². The number of nitrogens with zero attached hydrogens (tertiary/aromatic N) is 1. The van der Waals surface area contributed by atoms with Crippen molar-refractivity contribution in [2.75, 3.05) is 18.9 Å². The third-order valence-corrected chi connectivity index (χ3v) is 3.88. The molecule has 1 atom stereocenters. The minimum atomic E-state index is -0.158. The highest BCUT2D eigenvalue weighted by molar-refractivity contribution is 8.13. The summed E-state index contributed by atoms with van der Waals surface area (Å²) in [6, 6.07) is 0.574. The van der Waals surface area contributed by atoms with E-state index in [2.05, 4.69) is 38.0 Å². The molecule has 1 aliphatic heterocycles. The van der Waals surface area contributed by atoms with Gasteiger partial charge in [0.15, 0.2) is 5.17 Å². The van der Waals surface area contributed by atoms with Gasteiger partial charge >= 0.3 is 0 Å². The minimum absolute atomic E-state index is 0.158. The van der Waals surface area contributed by atoms with Crippen LogP contribution in [0, 0.1) is 5.92 Å². The van der Waals surface area contributed by atoms with Gasteiger partial charge in [-0.05, 0) is 33.1 Å². The van der Waals surface area contributed by atoms with E-state index in [0.29, 0.717) is 12.0 Å². The van der Waals surface area contributed by atoms with Crippen LogP contribution in [0.25, 0.3) is 0 Å². The Bertz CT molecular complexity index is 264. The molecule has 0 amide bonds. The summed E-state index contributed by atoms with van der Waals surface area (Å²) >= 11 is 1.83. The van der Waals surface area contributed by atoms with E-state index in [4.69, 9.17) is 4.74 Å². The number of rotatable bonds is 5. The number of amidine groups is 1. The molecule has 0 aromatic rings. The number of hydrogen-bond acceptors (Lipinski definition) is 3. The summed E-state index contributed by atoms with van der Waals surface area (Å²) in [5.41, 5.74) is -0.158. The molecule has 0 aliphatic carbocycles. The average molecular weight is 258 g/mol. The van der Waals surface area contributed by atoms with Gasteiger partial charge in [0.1, 0.15) is 0 Å². The van der Waals surface area contributed by atoms with Crippen molar-refractivity contribution in [3.05, 3.63) is 0 Å². The summed E-state index contributed by atoms with van der Waals surface area (Å²) in [6.07, 6.45) is 1.23. The molecule has 17 heavy (non-hydrogen) atoms. The van der Waals surface area contributed by atoms with Crippen LogP contribution in [0.15, 0.2) is 4.99 Å². The van der Waals surface area contributed by atoms with Crippen molar-refractivity contribution in [3.8, 4) is 0 Å². The lowest BCUT2D eigenvalue weighted by Gasteiger charge is -2.29. The van der Waals surface area contributed by atoms with Crippen LogP contribution in [0.3, 0.4) is 0 Å². The Morgan fingerprint density at radius 3 is 2.82 bits per heavy atom. The fraction of sp³-hybridized carbons (Fsp3) is 0.923. The zero-order chi connectivity index (χ0) is 12.9. The third-order valence-electron chi connectivity index (χ3n) is 2.92.